The Bertz CT molecular complexity index is 889. The summed E-state index contributed by atoms with van der Waals surface area (Å²) in [6, 6.07) is 11.2. The lowest BCUT2D eigenvalue weighted by Crippen LogP contribution is -2.44. The maximum Gasteiger partial charge on any atom is 0.325 e. The Kier molecular flexibility index (Phi) is 7.46. The van der Waals surface area contributed by atoms with Crippen molar-refractivity contribution in [1.82, 2.24) is 16.2 Å². The van der Waals surface area contributed by atoms with Crippen LogP contribution in [0.2, 0.25) is 5.02 Å². The normalized spacial score (nSPS) is 9.93. The minimum Gasteiger partial charge on any atom is -0.454 e. The Hall–Kier alpha value is -3.46. The average Bonchev–Trinajstić information content (AvgIpc) is 2.69. The highest BCUT2D eigenvalue weighted by Crippen LogP contribution is 2.09. The molecule has 0 aliphatic carbocycles. The fraction of sp³-hybridized carbons (Fsp3) is 0.111. The van der Waals surface area contributed by atoms with Gasteiger partial charge < -0.3 is 10.1 Å². The van der Waals surface area contributed by atoms with Crippen molar-refractivity contribution in [3.8, 4) is 0 Å². The molecule has 0 atom stereocenters. The number of halogens is 2. The second kappa shape index (κ2) is 10.0. The van der Waals surface area contributed by atoms with Gasteiger partial charge in [0.1, 0.15) is 12.4 Å². The molecule has 0 aromatic heterocycles. The van der Waals surface area contributed by atoms with Crippen LogP contribution in [0.1, 0.15) is 20.7 Å². The van der Waals surface area contributed by atoms with Crippen LogP contribution in [0.3, 0.4) is 0 Å². The lowest BCUT2D eigenvalue weighted by molar-refractivity contribution is -0.147. The Labute approximate surface area is 164 Å². The van der Waals surface area contributed by atoms with E-state index >= 15 is 0 Å². The molecule has 2 aromatic rings. The number of hydrogen-bond acceptors (Lipinski definition) is 5. The first kappa shape index (κ1) is 20.8. The van der Waals surface area contributed by atoms with Gasteiger partial charge in [-0.1, -0.05) is 23.7 Å². The van der Waals surface area contributed by atoms with Gasteiger partial charge in [-0.05, 0) is 36.4 Å². The van der Waals surface area contributed by atoms with Gasteiger partial charge in [0.25, 0.3) is 17.7 Å². The van der Waals surface area contributed by atoms with E-state index in [9.17, 15) is 23.6 Å². The highest BCUT2D eigenvalue weighted by Gasteiger charge is 2.14. The first-order valence-corrected chi connectivity index (χ1v) is 8.27. The van der Waals surface area contributed by atoms with Gasteiger partial charge in [0, 0.05) is 10.6 Å². The van der Waals surface area contributed by atoms with Crippen LogP contribution in [0.15, 0.2) is 48.5 Å². The second-order valence-electron chi connectivity index (χ2n) is 5.33. The van der Waals surface area contributed by atoms with E-state index in [0.29, 0.717) is 5.02 Å². The lowest BCUT2D eigenvalue weighted by atomic mass is 10.2. The van der Waals surface area contributed by atoms with Crippen LogP contribution in [0.4, 0.5) is 4.39 Å². The molecule has 0 aliphatic rings. The fourth-order valence-electron chi connectivity index (χ4n) is 1.93. The molecule has 0 spiro atoms. The molecule has 10 heteroatoms. The summed E-state index contributed by atoms with van der Waals surface area (Å²) < 4.78 is 18.1. The summed E-state index contributed by atoms with van der Waals surface area (Å²) in [4.78, 5) is 46.7. The molecule has 0 unspecified atom stereocenters. The minimum atomic E-state index is -0.913. The maximum absolute atomic E-state index is 13.4. The molecule has 3 N–H and O–H groups in total. The smallest absolute Gasteiger partial charge is 0.325 e. The molecule has 3 amide bonds. The van der Waals surface area contributed by atoms with Crippen LogP contribution in [0.25, 0.3) is 0 Å². The molecule has 28 heavy (non-hydrogen) atoms. The standard InChI is InChI=1S/C18H15ClFN3O5/c19-12-7-5-11(6-8-12)17(26)23-22-15(24)10-28-16(25)9-21-18(27)13-3-1-2-4-14(13)20/h1-8H,9-10H2,(H,21,27)(H,22,24)(H,23,26). The van der Waals surface area contributed by atoms with Gasteiger partial charge in [-0.2, -0.15) is 0 Å². The number of carbonyl (C=O) groups excluding carboxylic acids is 4. The molecule has 0 radical (unpaired) electrons. The van der Waals surface area contributed by atoms with E-state index in [0.717, 1.165) is 6.07 Å². The Morgan fingerprint density at radius 1 is 0.929 bits per heavy atom. The number of benzene rings is 2. The van der Waals surface area contributed by atoms with Crippen molar-refractivity contribution < 1.29 is 28.3 Å². The molecular weight excluding hydrogens is 393 g/mol. The van der Waals surface area contributed by atoms with E-state index < -0.39 is 42.7 Å². The molecule has 0 saturated heterocycles. The van der Waals surface area contributed by atoms with Crippen LogP contribution >= 0.6 is 11.6 Å². The first-order chi connectivity index (χ1) is 13.4. The number of nitrogens with one attached hydrogen (secondary N) is 3. The summed E-state index contributed by atoms with van der Waals surface area (Å²) in [6.45, 7) is -1.24. The van der Waals surface area contributed by atoms with Gasteiger partial charge in [0.15, 0.2) is 6.61 Å². The summed E-state index contributed by atoms with van der Waals surface area (Å²) in [7, 11) is 0. The number of esters is 1. The van der Waals surface area contributed by atoms with Crippen molar-refractivity contribution in [1.29, 1.82) is 0 Å². The van der Waals surface area contributed by atoms with Gasteiger partial charge in [-0.3, -0.25) is 30.0 Å². The maximum atomic E-state index is 13.4. The number of carbonyl (C=O) groups is 4. The molecule has 0 heterocycles. The van der Waals surface area contributed by atoms with Gasteiger partial charge in [-0.25, -0.2) is 4.39 Å². The summed E-state index contributed by atoms with van der Waals surface area (Å²) in [5, 5.41) is 2.63. The zero-order valence-corrected chi connectivity index (χ0v) is 15.1. The highest BCUT2D eigenvalue weighted by molar-refractivity contribution is 6.30. The first-order valence-electron chi connectivity index (χ1n) is 7.90. The van der Waals surface area contributed by atoms with Crippen LogP contribution in [0, 0.1) is 5.82 Å². The van der Waals surface area contributed by atoms with Gasteiger partial charge in [-0.15, -0.1) is 0 Å². The van der Waals surface area contributed by atoms with Crippen LogP contribution in [-0.4, -0.2) is 36.8 Å². The zero-order chi connectivity index (χ0) is 20.5. The highest BCUT2D eigenvalue weighted by atomic mass is 35.5. The number of ether oxygens (including phenoxy) is 1. The summed E-state index contributed by atoms with van der Waals surface area (Å²) in [5.74, 6) is -3.83. The van der Waals surface area contributed by atoms with Crippen molar-refractivity contribution in [3.63, 3.8) is 0 Å². The monoisotopic (exact) mass is 407 g/mol. The number of hydrazine groups is 1. The summed E-state index contributed by atoms with van der Waals surface area (Å²) in [5.41, 5.74) is 4.24. The van der Waals surface area contributed by atoms with E-state index in [2.05, 4.69) is 20.9 Å². The Balaban J connectivity index is 1.68. The number of hydrogen-bond donors (Lipinski definition) is 3. The largest absolute Gasteiger partial charge is 0.454 e. The fourth-order valence-corrected chi connectivity index (χ4v) is 2.05. The van der Waals surface area contributed by atoms with Crippen molar-refractivity contribution in [3.05, 3.63) is 70.5 Å². The lowest BCUT2D eigenvalue weighted by Gasteiger charge is -2.09. The van der Waals surface area contributed by atoms with Crippen molar-refractivity contribution in [2.45, 2.75) is 0 Å². The molecule has 0 fully saturated rings. The molecule has 146 valence electrons. The molecular formula is C18H15ClFN3O5. The number of amides is 3. The van der Waals surface area contributed by atoms with E-state index in [-0.39, 0.29) is 11.1 Å². The van der Waals surface area contributed by atoms with Gasteiger partial charge in [0.05, 0.1) is 5.56 Å². The number of rotatable bonds is 6. The molecule has 8 nitrogen and oxygen atoms in total. The zero-order valence-electron chi connectivity index (χ0n) is 14.3. The van der Waals surface area contributed by atoms with E-state index in [1.807, 2.05) is 0 Å². The van der Waals surface area contributed by atoms with E-state index in [1.165, 1.54) is 42.5 Å². The van der Waals surface area contributed by atoms with Gasteiger partial charge >= 0.3 is 5.97 Å². The van der Waals surface area contributed by atoms with Crippen LogP contribution in [-0.2, 0) is 14.3 Å². The second-order valence-corrected chi connectivity index (χ2v) is 5.77. The average molecular weight is 408 g/mol. The van der Waals surface area contributed by atoms with Crippen molar-refractivity contribution in [2.75, 3.05) is 13.2 Å². The summed E-state index contributed by atoms with van der Waals surface area (Å²) >= 11 is 5.71. The molecule has 2 rings (SSSR count). The van der Waals surface area contributed by atoms with Crippen LogP contribution < -0.4 is 16.2 Å². The minimum absolute atomic E-state index is 0.224. The third-order valence-corrected chi connectivity index (χ3v) is 3.55. The van der Waals surface area contributed by atoms with Crippen molar-refractivity contribution in [2.24, 2.45) is 0 Å². The predicted molar refractivity (Wildman–Crippen MR) is 96.8 cm³/mol. The SMILES string of the molecule is O=C(COC(=O)CNC(=O)c1ccccc1F)NNC(=O)c1ccc(Cl)cc1. The van der Waals surface area contributed by atoms with E-state index in [1.54, 1.807) is 0 Å². The quantitative estimate of drug-likeness (QED) is 0.492. The third-order valence-electron chi connectivity index (χ3n) is 3.30. The molecule has 0 bridgehead atoms. The van der Waals surface area contributed by atoms with Crippen LogP contribution in [0.5, 0.6) is 0 Å². The van der Waals surface area contributed by atoms with Crippen molar-refractivity contribution >= 4 is 35.3 Å². The topological polar surface area (TPSA) is 114 Å². The molecule has 2 aromatic carbocycles. The molecule has 0 saturated carbocycles. The van der Waals surface area contributed by atoms with E-state index in [4.69, 9.17) is 11.6 Å². The van der Waals surface area contributed by atoms with Gasteiger partial charge in [0.2, 0.25) is 0 Å². The summed E-state index contributed by atoms with van der Waals surface area (Å²) in [6.07, 6.45) is 0. The predicted octanol–water partition coefficient (Wildman–Crippen LogP) is 1.21. The Morgan fingerprint density at radius 2 is 1.61 bits per heavy atom. The Morgan fingerprint density at radius 3 is 2.29 bits per heavy atom. The molecule has 0 aliphatic heterocycles. The third kappa shape index (κ3) is 6.36.